The van der Waals surface area contributed by atoms with Gasteiger partial charge in [0.05, 0.1) is 12.1 Å². The number of likely N-dealkylation sites (tertiary alicyclic amines) is 2. The number of carbonyl (C=O) groups excluding carboxylic acids is 3. The van der Waals surface area contributed by atoms with Crippen molar-refractivity contribution in [3.63, 3.8) is 0 Å². The third kappa shape index (κ3) is 3.25. The standard InChI is InChI=1S/C20H32N4O4/c1-14(2)10-21-12-20(13-21)19(28)23(8-4-7-22-6-3-5-17(22)26)18(27)16-9-15(25)11-24(16)20/h14-16,25H,3-13H2,1-2H3. The van der Waals surface area contributed by atoms with E-state index in [4.69, 9.17) is 0 Å². The first-order chi connectivity index (χ1) is 13.3. The number of piperazine rings is 1. The van der Waals surface area contributed by atoms with Crippen LogP contribution in [0.1, 0.15) is 39.5 Å². The van der Waals surface area contributed by atoms with Gasteiger partial charge < -0.3 is 10.0 Å². The maximum Gasteiger partial charge on any atom is 0.252 e. The van der Waals surface area contributed by atoms with Crippen LogP contribution in [0.25, 0.3) is 0 Å². The summed E-state index contributed by atoms with van der Waals surface area (Å²) in [6, 6.07) is -0.401. The molecule has 4 heterocycles. The van der Waals surface area contributed by atoms with Gasteiger partial charge >= 0.3 is 0 Å². The van der Waals surface area contributed by atoms with Crippen LogP contribution in [0.3, 0.4) is 0 Å². The molecule has 2 unspecified atom stereocenters. The Bertz CT molecular complexity index is 661. The van der Waals surface area contributed by atoms with Gasteiger partial charge in [-0.3, -0.25) is 29.1 Å². The monoisotopic (exact) mass is 392 g/mol. The van der Waals surface area contributed by atoms with Crippen molar-refractivity contribution in [2.24, 2.45) is 5.92 Å². The predicted molar refractivity (Wildman–Crippen MR) is 102 cm³/mol. The zero-order chi connectivity index (χ0) is 20.1. The molecule has 28 heavy (non-hydrogen) atoms. The summed E-state index contributed by atoms with van der Waals surface area (Å²) in [5, 5.41) is 10.2. The molecule has 4 aliphatic heterocycles. The van der Waals surface area contributed by atoms with Gasteiger partial charge in [0, 0.05) is 52.2 Å². The van der Waals surface area contributed by atoms with Crippen LogP contribution in [0.15, 0.2) is 0 Å². The van der Waals surface area contributed by atoms with Gasteiger partial charge in [-0.25, -0.2) is 0 Å². The van der Waals surface area contributed by atoms with E-state index in [0.717, 1.165) is 19.5 Å². The lowest BCUT2D eigenvalue weighted by molar-refractivity contribution is -0.180. The maximum atomic E-state index is 13.4. The molecule has 4 saturated heterocycles. The Morgan fingerprint density at radius 2 is 1.93 bits per heavy atom. The fraction of sp³-hybridized carbons (Fsp3) is 0.850. The third-order valence-electron chi connectivity index (χ3n) is 6.60. The predicted octanol–water partition coefficient (Wildman–Crippen LogP) is -0.487. The van der Waals surface area contributed by atoms with Crippen LogP contribution in [0, 0.1) is 5.92 Å². The molecule has 4 aliphatic rings. The lowest BCUT2D eigenvalue weighted by atomic mass is 9.82. The first kappa shape index (κ1) is 19.8. The van der Waals surface area contributed by atoms with E-state index in [0.29, 0.717) is 57.9 Å². The summed E-state index contributed by atoms with van der Waals surface area (Å²) in [7, 11) is 0. The summed E-state index contributed by atoms with van der Waals surface area (Å²) in [6.45, 7) is 8.62. The number of β-amino-alcohol motifs (C(OH)–C–C–N with tert-alkyl or cyclic N) is 1. The quantitative estimate of drug-likeness (QED) is 0.615. The van der Waals surface area contributed by atoms with Crippen LogP contribution in [-0.4, -0.2) is 106 Å². The van der Waals surface area contributed by atoms with Gasteiger partial charge in [0.1, 0.15) is 5.54 Å². The van der Waals surface area contributed by atoms with Crippen molar-refractivity contribution in [2.75, 3.05) is 45.8 Å². The Morgan fingerprint density at radius 3 is 2.57 bits per heavy atom. The summed E-state index contributed by atoms with van der Waals surface area (Å²) >= 11 is 0. The minimum atomic E-state index is -0.672. The molecule has 4 rings (SSSR count). The topological polar surface area (TPSA) is 84.4 Å². The van der Waals surface area contributed by atoms with Crippen LogP contribution >= 0.6 is 0 Å². The molecule has 1 spiro atoms. The molecule has 8 nitrogen and oxygen atoms in total. The summed E-state index contributed by atoms with van der Waals surface area (Å²) in [5.74, 6) is 0.394. The molecule has 8 heteroatoms. The van der Waals surface area contributed by atoms with Crippen LogP contribution in [0.2, 0.25) is 0 Å². The lowest BCUT2D eigenvalue weighted by Gasteiger charge is -2.59. The SMILES string of the molecule is CC(C)CN1CC2(C1)C(=O)N(CCCN1CCCC1=O)C(=O)C1CC(O)CN12. The number of fused-ring (bicyclic) bond motifs is 2. The van der Waals surface area contributed by atoms with Crippen molar-refractivity contribution >= 4 is 17.7 Å². The third-order valence-corrected chi connectivity index (χ3v) is 6.60. The molecular formula is C20H32N4O4. The van der Waals surface area contributed by atoms with Crippen molar-refractivity contribution in [2.45, 2.75) is 57.2 Å². The zero-order valence-corrected chi connectivity index (χ0v) is 17.0. The number of nitrogens with zero attached hydrogens (tertiary/aromatic N) is 4. The number of aliphatic hydroxyl groups excluding tert-OH is 1. The van der Waals surface area contributed by atoms with Gasteiger partial charge in [-0.15, -0.1) is 0 Å². The molecule has 2 atom stereocenters. The molecule has 0 aromatic heterocycles. The second-order valence-electron chi connectivity index (χ2n) is 9.29. The van der Waals surface area contributed by atoms with Crippen molar-refractivity contribution in [3.8, 4) is 0 Å². The highest BCUT2D eigenvalue weighted by Gasteiger charge is 2.63. The summed E-state index contributed by atoms with van der Waals surface area (Å²) < 4.78 is 0. The number of hydrogen-bond acceptors (Lipinski definition) is 6. The van der Waals surface area contributed by atoms with Gasteiger partial charge in [-0.05, 0) is 25.2 Å². The van der Waals surface area contributed by atoms with Crippen LogP contribution in [-0.2, 0) is 14.4 Å². The van der Waals surface area contributed by atoms with E-state index < -0.39 is 17.7 Å². The van der Waals surface area contributed by atoms with Gasteiger partial charge in [-0.2, -0.15) is 0 Å². The molecule has 156 valence electrons. The molecule has 3 amide bonds. The molecule has 0 aromatic rings. The Hall–Kier alpha value is -1.51. The maximum absolute atomic E-state index is 13.4. The number of rotatable bonds is 6. The van der Waals surface area contributed by atoms with Gasteiger partial charge in [-0.1, -0.05) is 13.8 Å². The minimum absolute atomic E-state index is 0.115. The van der Waals surface area contributed by atoms with Gasteiger partial charge in [0.2, 0.25) is 11.8 Å². The second kappa shape index (κ2) is 7.39. The number of carbonyl (C=O) groups is 3. The Morgan fingerprint density at radius 1 is 1.18 bits per heavy atom. The summed E-state index contributed by atoms with van der Waals surface area (Å²) in [4.78, 5) is 45.7. The first-order valence-corrected chi connectivity index (χ1v) is 10.6. The van der Waals surface area contributed by atoms with E-state index in [-0.39, 0.29) is 17.7 Å². The number of aliphatic hydroxyl groups is 1. The van der Waals surface area contributed by atoms with Crippen LogP contribution < -0.4 is 0 Å². The first-order valence-electron chi connectivity index (χ1n) is 10.6. The van der Waals surface area contributed by atoms with E-state index >= 15 is 0 Å². The molecule has 1 N–H and O–H groups in total. The van der Waals surface area contributed by atoms with Crippen molar-refractivity contribution in [1.82, 2.24) is 19.6 Å². The Balaban J connectivity index is 1.45. The van der Waals surface area contributed by atoms with Gasteiger partial charge in [0.15, 0.2) is 0 Å². The van der Waals surface area contributed by atoms with E-state index in [1.165, 1.54) is 4.90 Å². The normalized spacial score (nSPS) is 30.6. The largest absolute Gasteiger partial charge is 0.392 e. The minimum Gasteiger partial charge on any atom is -0.392 e. The molecule has 0 aliphatic carbocycles. The van der Waals surface area contributed by atoms with Crippen molar-refractivity contribution < 1.29 is 19.5 Å². The highest BCUT2D eigenvalue weighted by atomic mass is 16.3. The molecule has 4 fully saturated rings. The smallest absolute Gasteiger partial charge is 0.252 e. The number of amides is 3. The molecule has 0 radical (unpaired) electrons. The summed E-state index contributed by atoms with van der Waals surface area (Å²) in [5.41, 5.74) is -0.672. The van der Waals surface area contributed by atoms with E-state index in [1.54, 1.807) is 0 Å². The van der Waals surface area contributed by atoms with E-state index in [2.05, 4.69) is 18.7 Å². The van der Waals surface area contributed by atoms with Crippen molar-refractivity contribution in [3.05, 3.63) is 0 Å². The number of imide groups is 1. The average molecular weight is 393 g/mol. The summed E-state index contributed by atoms with van der Waals surface area (Å²) in [6.07, 6.45) is 1.96. The molecule has 0 bridgehead atoms. The van der Waals surface area contributed by atoms with E-state index in [9.17, 15) is 19.5 Å². The van der Waals surface area contributed by atoms with Crippen LogP contribution in [0.4, 0.5) is 0 Å². The van der Waals surface area contributed by atoms with Crippen molar-refractivity contribution in [1.29, 1.82) is 0 Å². The van der Waals surface area contributed by atoms with Gasteiger partial charge in [0.25, 0.3) is 5.91 Å². The van der Waals surface area contributed by atoms with Crippen LogP contribution in [0.5, 0.6) is 0 Å². The Labute approximate surface area is 166 Å². The van der Waals surface area contributed by atoms with E-state index in [1.807, 2.05) is 9.80 Å². The highest BCUT2D eigenvalue weighted by Crippen LogP contribution is 2.40. The fourth-order valence-electron chi connectivity index (χ4n) is 5.40. The molecule has 0 saturated carbocycles. The number of hydrogen-bond donors (Lipinski definition) is 1. The highest BCUT2D eigenvalue weighted by molar-refractivity contribution is 6.06. The lowest BCUT2D eigenvalue weighted by Crippen LogP contribution is -2.81. The molecular weight excluding hydrogens is 360 g/mol. The average Bonchev–Trinajstić information content (AvgIpc) is 3.18. The fourth-order valence-corrected chi connectivity index (χ4v) is 5.40. The zero-order valence-electron chi connectivity index (χ0n) is 17.0. The second-order valence-corrected chi connectivity index (χ2v) is 9.29. The Kier molecular flexibility index (Phi) is 5.22. The molecule has 0 aromatic carbocycles.